The molecule has 0 radical (unpaired) electrons. The Labute approximate surface area is 160 Å². The van der Waals surface area contributed by atoms with Crippen molar-refractivity contribution in [2.24, 2.45) is 0 Å². The summed E-state index contributed by atoms with van der Waals surface area (Å²) in [4.78, 5) is 14.6. The van der Waals surface area contributed by atoms with Crippen LogP contribution in [-0.2, 0) is 17.5 Å². The van der Waals surface area contributed by atoms with Crippen LogP contribution in [0.2, 0.25) is 5.02 Å². The fourth-order valence-corrected chi connectivity index (χ4v) is 3.40. The lowest BCUT2D eigenvalue weighted by molar-refractivity contribution is -0.137. The summed E-state index contributed by atoms with van der Waals surface area (Å²) in [5.74, 6) is -0.176. The van der Waals surface area contributed by atoms with Gasteiger partial charge in [0.25, 0.3) is 0 Å². The lowest BCUT2D eigenvalue weighted by Gasteiger charge is -2.30. The van der Waals surface area contributed by atoms with Crippen molar-refractivity contribution in [3.05, 3.63) is 51.8 Å². The van der Waals surface area contributed by atoms with E-state index >= 15 is 0 Å². The van der Waals surface area contributed by atoms with Crippen molar-refractivity contribution in [1.82, 2.24) is 14.7 Å². The molecule has 1 aliphatic rings. The largest absolute Gasteiger partial charge is 0.416 e. The minimum atomic E-state index is -4.41. The van der Waals surface area contributed by atoms with Gasteiger partial charge in [0.05, 0.1) is 28.0 Å². The normalized spacial score (nSPS) is 15.7. The molecule has 4 nitrogen and oxygen atoms in total. The Kier molecular flexibility index (Phi) is 5.25. The van der Waals surface area contributed by atoms with Gasteiger partial charge in [0, 0.05) is 6.04 Å². The molecular formula is C19H21ClF3N3O. The lowest BCUT2D eigenvalue weighted by atomic mass is 10.0. The fourth-order valence-electron chi connectivity index (χ4n) is 3.26. The number of aryl methyl sites for hydroxylation is 1. The van der Waals surface area contributed by atoms with E-state index < -0.39 is 17.8 Å². The Bertz CT molecular complexity index is 858. The van der Waals surface area contributed by atoms with Crippen LogP contribution in [0.3, 0.4) is 0 Å². The third-order valence-corrected chi connectivity index (χ3v) is 5.47. The molecule has 0 saturated heterocycles. The quantitative estimate of drug-likeness (QED) is 0.715. The molecule has 0 spiro atoms. The number of aromatic nitrogens is 2. The predicted octanol–water partition coefficient (Wildman–Crippen LogP) is 4.92. The summed E-state index contributed by atoms with van der Waals surface area (Å²) in [7, 11) is 0. The van der Waals surface area contributed by atoms with Gasteiger partial charge in [-0.25, -0.2) is 0 Å². The standard InChI is InChI=1S/C19H21ClF3N3O/c1-11-18(20)13(3)25(24-11)10-17(27)26(16-7-8-16)12(2)14-5-4-6-15(9-14)19(21,22)23/h4-6,9,12,16H,7-8,10H2,1-3H3. The number of hydrogen-bond acceptors (Lipinski definition) is 2. The maximum atomic E-state index is 13.0. The SMILES string of the molecule is Cc1nn(CC(=O)N(C2CC2)C(C)c2cccc(C(F)(F)F)c2)c(C)c1Cl. The van der Waals surface area contributed by atoms with Crippen molar-refractivity contribution in [3.8, 4) is 0 Å². The smallest absolute Gasteiger partial charge is 0.331 e. The molecule has 8 heteroatoms. The maximum Gasteiger partial charge on any atom is 0.416 e. The van der Waals surface area contributed by atoms with E-state index in [2.05, 4.69) is 5.10 Å². The van der Waals surface area contributed by atoms with Gasteiger partial charge < -0.3 is 4.90 Å². The first-order valence-corrected chi connectivity index (χ1v) is 9.15. The number of nitrogens with zero attached hydrogens (tertiary/aromatic N) is 3. The first kappa shape index (κ1) is 19.7. The van der Waals surface area contributed by atoms with Crippen molar-refractivity contribution in [2.75, 3.05) is 0 Å². The summed E-state index contributed by atoms with van der Waals surface area (Å²) in [6.07, 6.45) is -2.70. The van der Waals surface area contributed by atoms with Gasteiger partial charge in [-0.3, -0.25) is 9.48 Å². The molecule has 146 valence electrons. The summed E-state index contributed by atoms with van der Waals surface area (Å²) in [6.45, 7) is 5.33. The van der Waals surface area contributed by atoms with E-state index in [1.54, 1.807) is 36.4 Å². The number of alkyl halides is 3. The lowest BCUT2D eigenvalue weighted by Crippen LogP contribution is -2.38. The van der Waals surface area contributed by atoms with Gasteiger partial charge >= 0.3 is 6.18 Å². The molecule has 0 N–H and O–H groups in total. The van der Waals surface area contributed by atoms with Crippen LogP contribution in [0, 0.1) is 13.8 Å². The van der Waals surface area contributed by atoms with E-state index in [4.69, 9.17) is 11.6 Å². The second-order valence-electron chi connectivity index (χ2n) is 6.97. The summed E-state index contributed by atoms with van der Waals surface area (Å²) in [5.41, 5.74) is 1.10. The topological polar surface area (TPSA) is 38.1 Å². The molecule has 1 fully saturated rings. The molecular weight excluding hydrogens is 379 g/mol. The van der Waals surface area contributed by atoms with Crippen molar-refractivity contribution >= 4 is 17.5 Å². The van der Waals surface area contributed by atoms with Crippen molar-refractivity contribution in [2.45, 2.75) is 58.4 Å². The number of rotatable bonds is 5. The molecule has 1 saturated carbocycles. The average molecular weight is 400 g/mol. The third-order valence-electron chi connectivity index (χ3n) is 4.92. The molecule has 1 amide bonds. The van der Waals surface area contributed by atoms with Gasteiger partial charge in [-0.05, 0) is 51.3 Å². The van der Waals surface area contributed by atoms with E-state index in [1.165, 1.54) is 6.07 Å². The summed E-state index contributed by atoms with van der Waals surface area (Å²) >= 11 is 6.14. The fraction of sp³-hybridized carbons (Fsp3) is 0.474. The van der Waals surface area contributed by atoms with Gasteiger partial charge in [-0.15, -0.1) is 0 Å². The number of carbonyl (C=O) groups is 1. The van der Waals surface area contributed by atoms with Gasteiger partial charge in [-0.1, -0.05) is 23.7 Å². The minimum Gasteiger partial charge on any atom is -0.331 e. The minimum absolute atomic E-state index is 0.0131. The molecule has 0 aliphatic heterocycles. The van der Waals surface area contributed by atoms with Gasteiger partial charge in [0.1, 0.15) is 6.54 Å². The number of hydrogen-bond donors (Lipinski definition) is 0. The molecule has 1 atom stereocenters. The Hall–Kier alpha value is -2.02. The third kappa shape index (κ3) is 4.13. The molecule has 3 rings (SSSR count). The zero-order valence-electron chi connectivity index (χ0n) is 15.3. The number of benzene rings is 1. The van der Waals surface area contributed by atoms with Gasteiger partial charge in [0.2, 0.25) is 5.91 Å². The molecule has 27 heavy (non-hydrogen) atoms. The zero-order chi connectivity index (χ0) is 19.9. The second-order valence-corrected chi connectivity index (χ2v) is 7.35. The molecule has 1 unspecified atom stereocenters. The van der Waals surface area contributed by atoms with E-state index in [1.807, 2.05) is 0 Å². The monoisotopic (exact) mass is 399 g/mol. The average Bonchev–Trinajstić information content (AvgIpc) is 3.40. The number of halogens is 4. The Morgan fingerprint density at radius 3 is 2.56 bits per heavy atom. The van der Waals surface area contributed by atoms with Crippen LogP contribution in [0.25, 0.3) is 0 Å². The van der Waals surface area contributed by atoms with Crippen LogP contribution < -0.4 is 0 Å². The van der Waals surface area contributed by atoms with E-state index in [0.717, 1.165) is 25.0 Å². The van der Waals surface area contributed by atoms with Crippen molar-refractivity contribution in [3.63, 3.8) is 0 Å². The highest BCUT2D eigenvalue weighted by molar-refractivity contribution is 6.31. The number of carbonyl (C=O) groups excluding carboxylic acids is 1. The molecule has 1 aromatic carbocycles. The van der Waals surface area contributed by atoms with Crippen LogP contribution >= 0.6 is 11.6 Å². The predicted molar refractivity (Wildman–Crippen MR) is 96.4 cm³/mol. The second kappa shape index (κ2) is 7.19. The van der Waals surface area contributed by atoms with Crippen molar-refractivity contribution in [1.29, 1.82) is 0 Å². The highest BCUT2D eigenvalue weighted by Crippen LogP contribution is 2.37. The van der Waals surface area contributed by atoms with Crippen LogP contribution in [-0.4, -0.2) is 26.6 Å². The Morgan fingerprint density at radius 1 is 1.37 bits per heavy atom. The zero-order valence-corrected chi connectivity index (χ0v) is 16.1. The van der Waals surface area contributed by atoms with E-state index in [-0.39, 0.29) is 18.5 Å². The summed E-state index contributed by atoms with van der Waals surface area (Å²) in [5, 5.41) is 4.80. The molecule has 1 aliphatic carbocycles. The van der Waals surface area contributed by atoms with Crippen LogP contribution in [0.4, 0.5) is 13.2 Å². The Morgan fingerprint density at radius 2 is 2.04 bits per heavy atom. The summed E-state index contributed by atoms with van der Waals surface area (Å²) in [6, 6.07) is 4.76. The first-order valence-electron chi connectivity index (χ1n) is 8.77. The van der Waals surface area contributed by atoms with Crippen molar-refractivity contribution < 1.29 is 18.0 Å². The molecule has 0 bridgehead atoms. The van der Waals surface area contributed by atoms with E-state index in [9.17, 15) is 18.0 Å². The van der Waals surface area contributed by atoms with E-state index in [0.29, 0.717) is 22.0 Å². The maximum absolute atomic E-state index is 13.0. The molecule has 1 aromatic heterocycles. The first-order chi connectivity index (χ1) is 12.6. The highest BCUT2D eigenvalue weighted by Gasteiger charge is 2.37. The molecule has 2 aromatic rings. The Balaban J connectivity index is 1.85. The number of amides is 1. The van der Waals surface area contributed by atoms with Crippen LogP contribution in [0.5, 0.6) is 0 Å². The van der Waals surface area contributed by atoms with Gasteiger partial charge in [0.15, 0.2) is 0 Å². The van der Waals surface area contributed by atoms with Crippen LogP contribution in [0.15, 0.2) is 24.3 Å². The molecule has 1 heterocycles. The van der Waals surface area contributed by atoms with Crippen LogP contribution in [0.1, 0.15) is 48.3 Å². The highest BCUT2D eigenvalue weighted by atomic mass is 35.5. The van der Waals surface area contributed by atoms with Gasteiger partial charge in [-0.2, -0.15) is 18.3 Å². The summed E-state index contributed by atoms with van der Waals surface area (Å²) < 4.78 is 40.6.